The zero-order valence-corrected chi connectivity index (χ0v) is 36.5. The molecule has 2 N–H and O–H groups in total. The Labute approximate surface area is 338 Å². The Kier molecular flexibility index (Phi) is 30.7. The van der Waals surface area contributed by atoms with Gasteiger partial charge in [-0.05, 0) is 67.2 Å². The van der Waals surface area contributed by atoms with Gasteiger partial charge in [0.15, 0.2) is 6.10 Å². The van der Waals surface area contributed by atoms with Crippen molar-refractivity contribution in [1.82, 2.24) is 10.6 Å². The first kappa shape index (κ1) is 52.6. The Morgan fingerprint density at radius 2 is 0.911 bits per heavy atom. The van der Waals surface area contributed by atoms with Crippen LogP contribution in [0.25, 0.3) is 0 Å². The number of rotatable bonds is 30. The monoisotopic (exact) mass is 798 g/mol. The van der Waals surface area contributed by atoms with Crippen molar-refractivity contribution in [2.45, 2.75) is 220 Å². The van der Waals surface area contributed by atoms with E-state index in [1.54, 1.807) is 41.5 Å². The van der Waals surface area contributed by atoms with Crippen LogP contribution in [-0.4, -0.2) is 73.1 Å². The van der Waals surface area contributed by atoms with Crippen molar-refractivity contribution in [3.05, 3.63) is 0 Å². The molecule has 0 fully saturated rings. The fourth-order valence-corrected chi connectivity index (χ4v) is 5.53. The maximum absolute atomic E-state index is 12.7. The molecule has 0 aliphatic rings. The van der Waals surface area contributed by atoms with Gasteiger partial charge < -0.3 is 29.0 Å². The molecule has 0 aromatic carbocycles. The number of amides is 2. The van der Waals surface area contributed by atoms with E-state index in [-0.39, 0.29) is 44.5 Å². The summed E-state index contributed by atoms with van der Waals surface area (Å²) in [4.78, 5) is 66.2. The van der Waals surface area contributed by atoms with Crippen molar-refractivity contribution in [3.8, 4) is 0 Å². The van der Waals surface area contributed by atoms with Gasteiger partial charge in [0.25, 0.3) is 0 Å². The van der Waals surface area contributed by atoms with Crippen LogP contribution in [0.1, 0.15) is 203 Å². The molecule has 0 aliphatic carbocycles. The van der Waals surface area contributed by atoms with Crippen LogP contribution < -0.4 is 10.6 Å². The molecule has 0 aliphatic heterocycles. The molecule has 0 saturated heterocycles. The smallest absolute Gasteiger partial charge is 0.437 e. The summed E-state index contributed by atoms with van der Waals surface area (Å²) >= 11 is 0. The second kappa shape index (κ2) is 32.7. The third kappa shape index (κ3) is 36.3. The molecule has 2 amide bonds. The van der Waals surface area contributed by atoms with Gasteiger partial charge in [0.2, 0.25) is 5.96 Å². The molecular formula is C43H79N3O10. The standard InChI is InChI=1S/C43H79N3O10/c1-9-11-13-15-17-19-21-23-25-29-36(47)52-33-35(54-38(49)31-26-24-22-20-18-16-14-12-10-2)34-53-37(48)30-27-28-32-44-39(45-40(50)55-42(3,4)5)46-41(51)56-43(6,7)8/h35H,9-34H2,1-8H3,(H2,44,45,46,50,51)/t35-/m1/s1. The average molecular weight is 798 g/mol. The average Bonchev–Trinajstić information content (AvgIpc) is 3.09. The maximum Gasteiger partial charge on any atom is 0.437 e. The van der Waals surface area contributed by atoms with Gasteiger partial charge in [-0.15, -0.1) is 4.99 Å². The van der Waals surface area contributed by atoms with Gasteiger partial charge in [0.05, 0.1) is 0 Å². The molecule has 0 rings (SSSR count). The van der Waals surface area contributed by atoms with E-state index in [1.165, 1.54) is 70.6 Å². The van der Waals surface area contributed by atoms with E-state index in [4.69, 9.17) is 23.7 Å². The molecule has 1 atom stereocenters. The van der Waals surface area contributed by atoms with Gasteiger partial charge in [-0.1, -0.05) is 117 Å². The molecular weight excluding hydrogens is 718 g/mol. The number of aliphatic imine (C=N–C) groups is 1. The van der Waals surface area contributed by atoms with E-state index < -0.39 is 41.4 Å². The molecule has 0 aromatic rings. The number of hydrogen-bond donors (Lipinski definition) is 2. The summed E-state index contributed by atoms with van der Waals surface area (Å²) in [6.07, 6.45) is 19.3. The highest BCUT2D eigenvalue weighted by atomic mass is 16.6. The Morgan fingerprint density at radius 3 is 1.34 bits per heavy atom. The van der Waals surface area contributed by atoms with Gasteiger partial charge in [-0.25, -0.2) is 9.59 Å². The number of carbonyl (C=O) groups excluding carboxylic acids is 5. The van der Waals surface area contributed by atoms with Crippen molar-refractivity contribution >= 4 is 36.1 Å². The first-order valence-corrected chi connectivity index (χ1v) is 21.6. The Balaban J connectivity index is 4.91. The molecule has 0 radical (unpaired) electrons. The Bertz CT molecular complexity index is 1110. The molecule has 326 valence electrons. The molecule has 0 heterocycles. The number of unbranched alkanes of at least 4 members (excludes halogenated alkanes) is 17. The molecule has 0 saturated carbocycles. The predicted octanol–water partition coefficient (Wildman–Crippen LogP) is 10.4. The number of nitrogens with zero attached hydrogens (tertiary/aromatic N) is 1. The van der Waals surface area contributed by atoms with Crippen LogP contribution in [0, 0.1) is 0 Å². The molecule has 0 spiro atoms. The predicted molar refractivity (Wildman–Crippen MR) is 220 cm³/mol. The first-order chi connectivity index (χ1) is 26.5. The number of carbonyl (C=O) groups is 5. The van der Waals surface area contributed by atoms with E-state index in [0.717, 1.165) is 38.5 Å². The highest BCUT2D eigenvalue weighted by molar-refractivity contribution is 5.98. The minimum absolute atomic E-state index is 0.0667. The van der Waals surface area contributed by atoms with Crippen LogP contribution in [0.2, 0.25) is 0 Å². The minimum Gasteiger partial charge on any atom is -0.462 e. The molecule has 0 bridgehead atoms. The second-order valence-electron chi connectivity index (χ2n) is 16.6. The molecule has 0 aromatic heterocycles. The summed E-state index contributed by atoms with van der Waals surface area (Å²) < 4.78 is 27.0. The normalized spacial score (nSPS) is 12.4. The lowest BCUT2D eigenvalue weighted by Gasteiger charge is -2.21. The summed E-state index contributed by atoms with van der Waals surface area (Å²) in [6.45, 7) is 14.5. The number of alkyl carbamates (subject to hydrolysis) is 1. The molecule has 13 heteroatoms. The summed E-state index contributed by atoms with van der Waals surface area (Å²) in [7, 11) is 0. The van der Waals surface area contributed by atoms with Gasteiger partial charge in [0, 0.05) is 25.8 Å². The topological polar surface area (TPSA) is 168 Å². The zero-order valence-electron chi connectivity index (χ0n) is 36.5. The van der Waals surface area contributed by atoms with Crippen molar-refractivity contribution in [1.29, 1.82) is 0 Å². The van der Waals surface area contributed by atoms with Crippen molar-refractivity contribution in [3.63, 3.8) is 0 Å². The quantitative estimate of drug-likeness (QED) is 0.0233. The minimum atomic E-state index is -0.899. The largest absolute Gasteiger partial charge is 0.462 e. The molecule has 13 nitrogen and oxygen atoms in total. The fraction of sp³-hybridized carbons (Fsp3) is 0.860. The van der Waals surface area contributed by atoms with E-state index in [1.807, 2.05) is 0 Å². The van der Waals surface area contributed by atoms with E-state index >= 15 is 0 Å². The van der Waals surface area contributed by atoms with Crippen LogP contribution in [0.4, 0.5) is 9.59 Å². The van der Waals surface area contributed by atoms with E-state index in [0.29, 0.717) is 25.7 Å². The van der Waals surface area contributed by atoms with Crippen LogP contribution in [0.5, 0.6) is 0 Å². The highest BCUT2D eigenvalue weighted by Crippen LogP contribution is 2.14. The lowest BCUT2D eigenvalue weighted by molar-refractivity contribution is -0.167. The van der Waals surface area contributed by atoms with Gasteiger partial charge in [-0.3, -0.25) is 19.7 Å². The summed E-state index contributed by atoms with van der Waals surface area (Å²) in [5.74, 6) is -1.41. The second-order valence-corrected chi connectivity index (χ2v) is 16.6. The van der Waals surface area contributed by atoms with E-state index in [2.05, 4.69) is 29.5 Å². The molecule has 0 unspecified atom stereocenters. The first-order valence-electron chi connectivity index (χ1n) is 21.6. The lowest BCUT2D eigenvalue weighted by atomic mass is 10.1. The van der Waals surface area contributed by atoms with Crippen LogP contribution in [0.15, 0.2) is 4.99 Å². The Hall–Kier alpha value is -3.38. The molecule has 56 heavy (non-hydrogen) atoms. The van der Waals surface area contributed by atoms with Gasteiger partial charge in [-0.2, -0.15) is 0 Å². The zero-order chi connectivity index (χ0) is 42.1. The summed E-state index contributed by atoms with van der Waals surface area (Å²) in [5, 5.41) is 5.30. The fourth-order valence-electron chi connectivity index (χ4n) is 5.53. The van der Waals surface area contributed by atoms with Crippen molar-refractivity contribution < 1.29 is 47.7 Å². The number of hydrogen-bond acceptors (Lipinski definition) is 10. The third-order valence-electron chi connectivity index (χ3n) is 8.44. The van der Waals surface area contributed by atoms with Gasteiger partial charge in [0.1, 0.15) is 24.4 Å². The SMILES string of the molecule is CCCCCCCCCCCC(=O)OC[C@H](COC(=O)CCCCN/C(=N\C(=O)OC(C)(C)C)NC(=O)OC(C)(C)C)OC(=O)CCCCCCCCCCC. The lowest BCUT2D eigenvalue weighted by Crippen LogP contribution is -2.44. The van der Waals surface area contributed by atoms with Crippen LogP contribution >= 0.6 is 0 Å². The highest BCUT2D eigenvalue weighted by Gasteiger charge is 2.21. The summed E-state index contributed by atoms with van der Waals surface area (Å²) in [5.41, 5.74) is -1.54. The van der Waals surface area contributed by atoms with Crippen molar-refractivity contribution in [2.24, 2.45) is 4.99 Å². The number of guanidine groups is 1. The number of ether oxygens (including phenoxy) is 5. The van der Waals surface area contributed by atoms with Crippen molar-refractivity contribution in [2.75, 3.05) is 19.8 Å². The van der Waals surface area contributed by atoms with Crippen LogP contribution in [-0.2, 0) is 38.1 Å². The van der Waals surface area contributed by atoms with E-state index in [9.17, 15) is 24.0 Å². The number of nitrogens with one attached hydrogen (secondary N) is 2. The number of esters is 3. The Morgan fingerprint density at radius 1 is 0.518 bits per heavy atom. The van der Waals surface area contributed by atoms with Gasteiger partial charge >= 0.3 is 30.1 Å². The maximum atomic E-state index is 12.7. The third-order valence-corrected chi connectivity index (χ3v) is 8.44. The van der Waals surface area contributed by atoms with Crippen LogP contribution in [0.3, 0.4) is 0 Å². The summed E-state index contributed by atoms with van der Waals surface area (Å²) in [6, 6.07) is 0.